The maximum Gasteiger partial charge on any atom is 0.323 e. The molecule has 0 radical (unpaired) electrons. The summed E-state index contributed by atoms with van der Waals surface area (Å²) in [4.78, 5) is 13.9. The highest BCUT2D eigenvalue weighted by molar-refractivity contribution is 5.78. The molecule has 0 amide bonds. The van der Waals surface area contributed by atoms with E-state index in [1.165, 1.54) is 12.8 Å². The Hall–Kier alpha value is -0.570. The summed E-state index contributed by atoms with van der Waals surface area (Å²) in [6.45, 7) is 9.20. The van der Waals surface area contributed by atoms with E-state index in [2.05, 4.69) is 25.7 Å². The molecule has 1 atom stereocenters. The molecular formula is C14H27NO2. The monoisotopic (exact) mass is 241 g/mol. The highest BCUT2D eigenvalue weighted by Gasteiger charge is 2.46. The predicted octanol–water partition coefficient (Wildman–Crippen LogP) is 3.14. The van der Waals surface area contributed by atoms with Crippen LogP contribution in [0.3, 0.4) is 0 Å². The number of rotatable bonds is 8. The van der Waals surface area contributed by atoms with Gasteiger partial charge in [0, 0.05) is 6.04 Å². The van der Waals surface area contributed by atoms with Crippen LogP contribution in [-0.2, 0) is 4.79 Å². The van der Waals surface area contributed by atoms with E-state index in [1.54, 1.807) is 0 Å². The van der Waals surface area contributed by atoms with Gasteiger partial charge in [0.1, 0.15) is 5.54 Å². The highest BCUT2D eigenvalue weighted by atomic mass is 16.4. The van der Waals surface area contributed by atoms with Gasteiger partial charge in [-0.3, -0.25) is 9.69 Å². The summed E-state index contributed by atoms with van der Waals surface area (Å²) in [6, 6.07) is 0.515. The lowest BCUT2D eigenvalue weighted by Crippen LogP contribution is -2.54. The predicted molar refractivity (Wildman–Crippen MR) is 70.1 cm³/mol. The van der Waals surface area contributed by atoms with Gasteiger partial charge in [-0.05, 0) is 45.1 Å². The number of hydrogen-bond acceptors (Lipinski definition) is 2. The van der Waals surface area contributed by atoms with E-state index < -0.39 is 11.5 Å². The van der Waals surface area contributed by atoms with Crippen LogP contribution in [0.4, 0.5) is 0 Å². The summed E-state index contributed by atoms with van der Waals surface area (Å²) in [7, 11) is 0. The zero-order valence-electron chi connectivity index (χ0n) is 11.7. The molecular weight excluding hydrogens is 214 g/mol. The van der Waals surface area contributed by atoms with Crippen molar-refractivity contribution in [1.82, 2.24) is 4.90 Å². The minimum absolute atomic E-state index is 0.416. The Morgan fingerprint density at radius 1 is 1.47 bits per heavy atom. The smallest absolute Gasteiger partial charge is 0.323 e. The Kier molecular flexibility index (Phi) is 4.99. The van der Waals surface area contributed by atoms with Crippen LogP contribution < -0.4 is 0 Å². The van der Waals surface area contributed by atoms with E-state index in [4.69, 9.17) is 0 Å². The summed E-state index contributed by atoms with van der Waals surface area (Å²) in [5, 5.41) is 9.59. The molecule has 1 aliphatic carbocycles. The van der Waals surface area contributed by atoms with Crippen molar-refractivity contribution >= 4 is 5.97 Å². The summed E-state index contributed by atoms with van der Waals surface area (Å²) >= 11 is 0. The number of carbonyl (C=O) groups is 1. The first-order valence-electron chi connectivity index (χ1n) is 6.92. The van der Waals surface area contributed by atoms with E-state index in [0.29, 0.717) is 12.0 Å². The third-order valence-electron chi connectivity index (χ3n) is 3.64. The van der Waals surface area contributed by atoms with Crippen molar-refractivity contribution in [2.24, 2.45) is 5.92 Å². The van der Waals surface area contributed by atoms with Crippen LogP contribution in [0.5, 0.6) is 0 Å². The van der Waals surface area contributed by atoms with E-state index in [9.17, 15) is 9.90 Å². The molecule has 100 valence electrons. The van der Waals surface area contributed by atoms with Crippen LogP contribution in [0.2, 0.25) is 0 Å². The molecule has 3 nitrogen and oxygen atoms in total. The van der Waals surface area contributed by atoms with Crippen LogP contribution in [0.25, 0.3) is 0 Å². The summed E-state index contributed by atoms with van der Waals surface area (Å²) in [5.74, 6) is -0.242. The van der Waals surface area contributed by atoms with Gasteiger partial charge in [0.15, 0.2) is 0 Å². The lowest BCUT2D eigenvalue weighted by molar-refractivity contribution is -0.152. The van der Waals surface area contributed by atoms with Crippen LogP contribution >= 0.6 is 0 Å². The van der Waals surface area contributed by atoms with Gasteiger partial charge in [-0.2, -0.15) is 0 Å². The molecule has 0 aromatic carbocycles. The van der Waals surface area contributed by atoms with Crippen molar-refractivity contribution < 1.29 is 9.90 Å². The Labute approximate surface area is 105 Å². The largest absolute Gasteiger partial charge is 0.480 e. The lowest BCUT2D eigenvalue weighted by Gasteiger charge is -2.39. The Morgan fingerprint density at radius 3 is 2.41 bits per heavy atom. The molecule has 1 rings (SSSR count). The fraction of sp³-hybridized carbons (Fsp3) is 0.929. The standard InChI is InChI=1S/C14H27NO2/c1-5-6-9-15(12-7-8-12)14(4,13(16)17)10-11(2)3/h11-12H,5-10H2,1-4H3,(H,16,17). The maximum absolute atomic E-state index is 11.7. The second-order valence-electron chi connectivity index (χ2n) is 5.96. The summed E-state index contributed by atoms with van der Waals surface area (Å²) < 4.78 is 0. The zero-order valence-corrected chi connectivity index (χ0v) is 11.7. The van der Waals surface area contributed by atoms with Gasteiger partial charge in [0.25, 0.3) is 0 Å². The van der Waals surface area contributed by atoms with Crippen molar-refractivity contribution in [1.29, 1.82) is 0 Å². The normalized spacial score (nSPS) is 19.6. The van der Waals surface area contributed by atoms with Gasteiger partial charge >= 0.3 is 5.97 Å². The summed E-state index contributed by atoms with van der Waals surface area (Å²) in [5.41, 5.74) is -0.676. The molecule has 0 aliphatic heterocycles. The van der Waals surface area contributed by atoms with Gasteiger partial charge in [-0.1, -0.05) is 27.2 Å². The van der Waals surface area contributed by atoms with Crippen molar-refractivity contribution in [2.75, 3.05) is 6.54 Å². The molecule has 1 fully saturated rings. The van der Waals surface area contributed by atoms with E-state index in [0.717, 1.165) is 25.8 Å². The minimum Gasteiger partial charge on any atom is -0.480 e. The Bertz CT molecular complexity index is 261. The average molecular weight is 241 g/mol. The second kappa shape index (κ2) is 5.85. The van der Waals surface area contributed by atoms with Crippen LogP contribution in [-0.4, -0.2) is 34.1 Å². The van der Waals surface area contributed by atoms with Crippen LogP contribution in [0.15, 0.2) is 0 Å². The fourth-order valence-electron chi connectivity index (χ4n) is 2.67. The second-order valence-corrected chi connectivity index (χ2v) is 5.96. The maximum atomic E-state index is 11.7. The van der Waals surface area contributed by atoms with Gasteiger partial charge < -0.3 is 5.11 Å². The molecule has 0 aromatic rings. The quantitative estimate of drug-likeness (QED) is 0.709. The van der Waals surface area contributed by atoms with Crippen molar-refractivity contribution in [3.8, 4) is 0 Å². The molecule has 1 N–H and O–H groups in total. The number of carboxylic acids is 1. The lowest BCUT2D eigenvalue weighted by atomic mass is 9.88. The fourth-order valence-corrected chi connectivity index (χ4v) is 2.67. The van der Waals surface area contributed by atoms with Crippen LogP contribution in [0.1, 0.15) is 59.8 Å². The molecule has 1 unspecified atom stereocenters. The number of hydrogen-bond donors (Lipinski definition) is 1. The molecule has 17 heavy (non-hydrogen) atoms. The molecule has 1 aliphatic rings. The molecule has 1 saturated carbocycles. The topological polar surface area (TPSA) is 40.5 Å². The number of aliphatic carboxylic acids is 1. The Morgan fingerprint density at radius 2 is 2.06 bits per heavy atom. The van der Waals surface area contributed by atoms with E-state index >= 15 is 0 Å². The van der Waals surface area contributed by atoms with Gasteiger partial charge in [-0.15, -0.1) is 0 Å². The first kappa shape index (κ1) is 14.5. The first-order valence-corrected chi connectivity index (χ1v) is 6.92. The number of carboxylic acid groups (broad SMARTS) is 1. The SMILES string of the molecule is CCCCN(C1CC1)C(C)(CC(C)C)C(=O)O. The van der Waals surface area contributed by atoms with Crippen molar-refractivity contribution in [2.45, 2.75) is 71.4 Å². The summed E-state index contributed by atoms with van der Waals surface area (Å²) in [6.07, 6.45) is 5.30. The third-order valence-corrected chi connectivity index (χ3v) is 3.64. The van der Waals surface area contributed by atoms with E-state index in [-0.39, 0.29) is 0 Å². The molecule has 0 heterocycles. The number of unbranched alkanes of at least 4 members (excludes halogenated alkanes) is 1. The molecule has 3 heteroatoms. The molecule has 0 spiro atoms. The first-order chi connectivity index (χ1) is 7.91. The number of nitrogens with zero attached hydrogens (tertiary/aromatic N) is 1. The zero-order chi connectivity index (χ0) is 13.1. The van der Waals surface area contributed by atoms with Crippen LogP contribution in [0, 0.1) is 5.92 Å². The van der Waals surface area contributed by atoms with Gasteiger partial charge in [0.05, 0.1) is 0 Å². The highest BCUT2D eigenvalue weighted by Crippen LogP contribution is 2.36. The van der Waals surface area contributed by atoms with Crippen molar-refractivity contribution in [3.63, 3.8) is 0 Å². The third kappa shape index (κ3) is 3.70. The average Bonchev–Trinajstić information content (AvgIpc) is 3.01. The van der Waals surface area contributed by atoms with E-state index in [1.807, 2.05) is 6.92 Å². The molecule has 0 aromatic heterocycles. The van der Waals surface area contributed by atoms with Gasteiger partial charge in [0.2, 0.25) is 0 Å². The molecule has 0 bridgehead atoms. The Balaban J connectivity index is 2.79. The van der Waals surface area contributed by atoms with Gasteiger partial charge in [-0.25, -0.2) is 0 Å². The molecule has 0 saturated heterocycles. The minimum atomic E-state index is -0.676. The van der Waals surface area contributed by atoms with Crippen molar-refractivity contribution in [3.05, 3.63) is 0 Å².